The zero-order chi connectivity index (χ0) is 15.4. The first-order chi connectivity index (χ1) is 9.95. The van der Waals surface area contributed by atoms with E-state index in [9.17, 15) is 8.78 Å². The van der Waals surface area contributed by atoms with Crippen LogP contribution in [-0.4, -0.2) is 11.5 Å². The fourth-order valence-electron chi connectivity index (χ4n) is 1.97. The summed E-state index contributed by atoms with van der Waals surface area (Å²) in [4.78, 5) is 0.288. The molecule has 0 saturated heterocycles. The van der Waals surface area contributed by atoms with Crippen molar-refractivity contribution in [2.24, 2.45) is 5.73 Å². The molecular weight excluding hydrogens is 358 g/mol. The molecule has 2 nitrogen and oxygen atoms in total. The normalized spacial score (nSPS) is 10.4. The highest BCUT2D eigenvalue weighted by molar-refractivity contribution is 9.10. The van der Waals surface area contributed by atoms with Gasteiger partial charge in [-0.25, -0.2) is 8.78 Å². The molecule has 0 atom stereocenters. The zero-order valence-electron chi connectivity index (χ0n) is 11.0. The summed E-state index contributed by atoms with van der Waals surface area (Å²) in [6, 6.07) is 9.04. The molecule has 0 spiro atoms. The Hall–Kier alpha value is -1.53. The molecule has 2 aromatic carbocycles. The quantitative estimate of drug-likeness (QED) is 0.780. The summed E-state index contributed by atoms with van der Waals surface area (Å²) in [6.45, 7) is 0.514. The van der Waals surface area contributed by atoms with Gasteiger partial charge in [0.2, 0.25) is 0 Å². The summed E-state index contributed by atoms with van der Waals surface area (Å²) in [6.07, 6.45) is 0.488. The molecule has 0 aliphatic heterocycles. The van der Waals surface area contributed by atoms with E-state index in [-0.39, 0.29) is 4.99 Å². The van der Waals surface area contributed by atoms with Crippen LogP contribution < -0.4 is 11.1 Å². The predicted octanol–water partition coefficient (Wildman–Crippen LogP) is 4.02. The molecule has 0 saturated carbocycles. The van der Waals surface area contributed by atoms with E-state index in [0.29, 0.717) is 18.5 Å². The van der Waals surface area contributed by atoms with Crippen LogP contribution in [0.1, 0.15) is 11.1 Å². The molecule has 0 bridgehead atoms. The van der Waals surface area contributed by atoms with E-state index in [1.165, 1.54) is 12.1 Å². The average Bonchev–Trinajstić information content (AvgIpc) is 2.39. The highest BCUT2D eigenvalue weighted by atomic mass is 79.9. The van der Waals surface area contributed by atoms with Crippen molar-refractivity contribution in [2.75, 3.05) is 11.9 Å². The van der Waals surface area contributed by atoms with Crippen molar-refractivity contribution in [3.8, 4) is 0 Å². The van der Waals surface area contributed by atoms with E-state index in [1.54, 1.807) is 0 Å². The fourth-order valence-corrected chi connectivity index (χ4v) is 2.50. The number of hydrogen-bond donors (Lipinski definition) is 2. The van der Waals surface area contributed by atoms with Crippen LogP contribution in [0.2, 0.25) is 0 Å². The van der Waals surface area contributed by atoms with E-state index >= 15 is 0 Å². The van der Waals surface area contributed by atoms with Crippen LogP contribution in [0.3, 0.4) is 0 Å². The predicted molar refractivity (Wildman–Crippen MR) is 88.6 cm³/mol. The first-order valence-electron chi connectivity index (χ1n) is 6.24. The lowest BCUT2D eigenvalue weighted by Gasteiger charge is -2.12. The van der Waals surface area contributed by atoms with Gasteiger partial charge in [0.1, 0.15) is 16.6 Å². The number of anilines is 1. The molecule has 0 unspecified atom stereocenters. The number of nitrogens with one attached hydrogen (secondary N) is 1. The number of rotatable bonds is 5. The molecule has 0 aromatic heterocycles. The first-order valence-corrected chi connectivity index (χ1v) is 7.44. The van der Waals surface area contributed by atoms with E-state index in [0.717, 1.165) is 21.8 Å². The molecular formula is C15H13BrF2N2S. The van der Waals surface area contributed by atoms with Crippen molar-refractivity contribution in [2.45, 2.75) is 6.42 Å². The summed E-state index contributed by atoms with van der Waals surface area (Å²) < 4.78 is 27.1. The maximum Gasteiger partial charge on any atom is 0.126 e. The Morgan fingerprint density at radius 3 is 2.43 bits per heavy atom. The van der Waals surface area contributed by atoms with Gasteiger partial charge in [0.05, 0.1) is 0 Å². The Labute approximate surface area is 135 Å². The molecule has 6 heteroatoms. The molecule has 0 radical (unpaired) electrons. The lowest BCUT2D eigenvalue weighted by atomic mass is 10.1. The van der Waals surface area contributed by atoms with Crippen molar-refractivity contribution >= 4 is 38.8 Å². The van der Waals surface area contributed by atoms with Crippen molar-refractivity contribution in [1.82, 2.24) is 0 Å². The molecule has 0 aliphatic rings. The third-order valence-electron chi connectivity index (χ3n) is 2.90. The van der Waals surface area contributed by atoms with E-state index in [2.05, 4.69) is 21.2 Å². The molecule has 21 heavy (non-hydrogen) atoms. The molecule has 3 N–H and O–H groups in total. The number of hydrogen-bond acceptors (Lipinski definition) is 2. The summed E-state index contributed by atoms with van der Waals surface area (Å²) in [5.74, 6) is -1.14. The standard InChI is InChI=1S/C15H13BrF2N2S/c16-10-1-2-14(13(7-10)15(19)21)20-4-3-9-5-11(17)8-12(18)6-9/h1-2,5-8,20H,3-4H2,(H2,19,21). The Bertz CT molecular complexity index is 656. The average molecular weight is 371 g/mol. The third-order valence-corrected chi connectivity index (χ3v) is 3.61. The smallest absolute Gasteiger partial charge is 0.126 e. The lowest BCUT2D eigenvalue weighted by Crippen LogP contribution is -2.14. The van der Waals surface area contributed by atoms with Gasteiger partial charge in [0, 0.05) is 28.3 Å². The van der Waals surface area contributed by atoms with Crippen molar-refractivity contribution in [1.29, 1.82) is 0 Å². The Morgan fingerprint density at radius 1 is 1.14 bits per heavy atom. The Morgan fingerprint density at radius 2 is 1.81 bits per heavy atom. The van der Waals surface area contributed by atoms with E-state index in [4.69, 9.17) is 18.0 Å². The fraction of sp³-hybridized carbons (Fsp3) is 0.133. The molecule has 0 amide bonds. The monoisotopic (exact) mass is 370 g/mol. The van der Waals surface area contributed by atoms with Gasteiger partial charge in [-0.1, -0.05) is 28.1 Å². The molecule has 2 aromatic rings. The summed E-state index contributed by atoms with van der Waals surface area (Å²) in [7, 11) is 0. The summed E-state index contributed by atoms with van der Waals surface area (Å²) >= 11 is 8.36. The Kier molecular flexibility index (Phi) is 5.25. The maximum absolute atomic E-state index is 13.1. The van der Waals surface area contributed by atoms with Crippen LogP contribution in [0, 0.1) is 11.6 Å². The largest absolute Gasteiger partial charge is 0.389 e. The topological polar surface area (TPSA) is 38.0 Å². The highest BCUT2D eigenvalue weighted by Crippen LogP contribution is 2.21. The third kappa shape index (κ3) is 4.47. The van der Waals surface area contributed by atoms with Crippen LogP contribution in [0.25, 0.3) is 0 Å². The second kappa shape index (κ2) is 6.95. The minimum Gasteiger partial charge on any atom is -0.389 e. The van der Waals surface area contributed by atoms with Crippen LogP contribution in [0.5, 0.6) is 0 Å². The van der Waals surface area contributed by atoms with Crippen LogP contribution in [-0.2, 0) is 6.42 Å². The van der Waals surface area contributed by atoms with Gasteiger partial charge in [-0.2, -0.15) is 0 Å². The molecule has 0 aliphatic carbocycles. The number of thiocarbonyl (C=S) groups is 1. The Balaban J connectivity index is 2.05. The van der Waals surface area contributed by atoms with Gasteiger partial charge in [-0.05, 0) is 42.3 Å². The molecule has 0 fully saturated rings. The van der Waals surface area contributed by atoms with Crippen molar-refractivity contribution in [3.05, 3.63) is 63.6 Å². The maximum atomic E-state index is 13.1. The van der Waals surface area contributed by atoms with E-state index < -0.39 is 11.6 Å². The molecule has 110 valence electrons. The second-order valence-electron chi connectivity index (χ2n) is 4.51. The van der Waals surface area contributed by atoms with Gasteiger partial charge in [-0.15, -0.1) is 0 Å². The minimum absolute atomic E-state index is 0.288. The van der Waals surface area contributed by atoms with Crippen LogP contribution in [0.4, 0.5) is 14.5 Å². The highest BCUT2D eigenvalue weighted by Gasteiger charge is 2.06. The number of nitrogens with two attached hydrogens (primary N) is 1. The van der Waals surface area contributed by atoms with Crippen LogP contribution >= 0.6 is 28.1 Å². The summed E-state index contributed by atoms with van der Waals surface area (Å²) in [5, 5.41) is 3.18. The van der Waals surface area contributed by atoms with Crippen LogP contribution in [0.15, 0.2) is 40.9 Å². The van der Waals surface area contributed by atoms with Gasteiger partial charge in [0.15, 0.2) is 0 Å². The number of halogens is 3. The van der Waals surface area contributed by atoms with Crippen molar-refractivity contribution in [3.63, 3.8) is 0 Å². The van der Waals surface area contributed by atoms with E-state index in [1.807, 2.05) is 18.2 Å². The molecule has 2 rings (SSSR count). The lowest BCUT2D eigenvalue weighted by molar-refractivity contribution is 0.580. The molecule has 0 heterocycles. The van der Waals surface area contributed by atoms with Gasteiger partial charge < -0.3 is 11.1 Å². The first kappa shape index (κ1) is 15.9. The van der Waals surface area contributed by atoms with Gasteiger partial charge in [-0.3, -0.25) is 0 Å². The van der Waals surface area contributed by atoms with Crippen molar-refractivity contribution < 1.29 is 8.78 Å². The van der Waals surface area contributed by atoms with Gasteiger partial charge >= 0.3 is 0 Å². The second-order valence-corrected chi connectivity index (χ2v) is 5.86. The SMILES string of the molecule is NC(=S)c1cc(Br)ccc1NCCc1cc(F)cc(F)c1. The van der Waals surface area contributed by atoms with Gasteiger partial charge in [0.25, 0.3) is 0 Å². The summed E-state index contributed by atoms with van der Waals surface area (Å²) in [5.41, 5.74) is 7.79. The number of benzene rings is 2. The minimum atomic E-state index is -0.572. The zero-order valence-corrected chi connectivity index (χ0v) is 13.4.